The molecule has 124 valence electrons. The first-order valence-corrected chi connectivity index (χ1v) is 7.68. The molecule has 0 saturated heterocycles. The highest BCUT2D eigenvalue weighted by molar-refractivity contribution is 5.99. The minimum Gasteiger partial charge on any atom is -0.449 e. The average molecular weight is 318 g/mol. The van der Waals surface area contributed by atoms with Gasteiger partial charge in [0, 0.05) is 6.04 Å². The van der Waals surface area contributed by atoms with Crippen LogP contribution in [-0.4, -0.2) is 30.1 Å². The molecular formula is C17H22N2O4. The van der Waals surface area contributed by atoms with E-state index in [0.29, 0.717) is 5.56 Å². The van der Waals surface area contributed by atoms with Crippen LogP contribution >= 0.6 is 0 Å². The summed E-state index contributed by atoms with van der Waals surface area (Å²) in [4.78, 5) is 35.7. The first kappa shape index (κ1) is 17.0. The van der Waals surface area contributed by atoms with Crippen LogP contribution in [0.4, 0.5) is 4.79 Å². The van der Waals surface area contributed by atoms with Crippen molar-refractivity contribution < 1.29 is 19.1 Å². The number of urea groups is 1. The SMILES string of the molecule is Cc1cc(C)c(C(=O)OC(C)C(=O)NC(=O)NC2CC2)c(C)c1. The standard InChI is InChI=1S/C17H22N2O4/c1-9-7-10(2)14(11(3)8-9)16(21)23-12(4)15(20)19-17(22)18-13-5-6-13/h7-8,12-13H,5-6H2,1-4H3,(H2,18,19,20,22). The number of aryl methyl sites for hydroxylation is 3. The lowest BCUT2D eigenvalue weighted by atomic mass is 10.00. The van der Waals surface area contributed by atoms with Crippen LogP contribution in [0.15, 0.2) is 12.1 Å². The van der Waals surface area contributed by atoms with Crippen molar-refractivity contribution >= 4 is 17.9 Å². The van der Waals surface area contributed by atoms with Gasteiger partial charge in [0.15, 0.2) is 6.10 Å². The van der Waals surface area contributed by atoms with Gasteiger partial charge in [-0.15, -0.1) is 0 Å². The average Bonchev–Trinajstić information content (AvgIpc) is 3.20. The zero-order chi connectivity index (χ0) is 17.1. The van der Waals surface area contributed by atoms with Crippen molar-refractivity contribution in [2.45, 2.75) is 52.7 Å². The lowest BCUT2D eigenvalue weighted by Crippen LogP contribution is -2.45. The quantitative estimate of drug-likeness (QED) is 0.833. The van der Waals surface area contributed by atoms with Gasteiger partial charge in [-0.2, -0.15) is 0 Å². The summed E-state index contributed by atoms with van der Waals surface area (Å²) in [6.07, 6.45) is 0.809. The highest BCUT2D eigenvalue weighted by atomic mass is 16.5. The highest BCUT2D eigenvalue weighted by Crippen LogP contribution is 2.19. The normalized spacial score (nSPS) is 14.8. The van der Waals surface area contributed by atoms with E-state index in [1.807, 2.05) is 32.9 Å². The van der Waals surface area contributed by atoms with Crippen molar-refractivity contribution in [2.75, 3.05) is 0 Å². The molecule has 0 spiro atoms. The number of imide groups is 1. The van der Waals surface area contributed by atoms with E-state index in [-0.39, 0.29) is 6.04 Å². The van der Waals surface area contributed by atoms with Crippen LogP contribution in [-0.2, 0) is 9.53 Å². The summed E-state index contributed by atoms with van der Waals surface area (Å²) < 4.78 is 5.19. The van der Waals surface area contributed by atoms with Gasteiger partial charge in [0.2, 0.25) is 0 Å². The molecule has 1 unspecified atom stereocenters. The molecule has 0 radical (unpaired) electrons. The van der Waals surface area contributed by atoms with Crippen LogP contribution in [0, 0.1) is 20.8 Å². The molecule has 0 bridgehead atoms. The highest BCUT2D eigenvalue weighted by Gasteiger charge is 2.26. The Morgan fingerprint density at radius 3 is 2.22 bits per heavy atom. The van der Waals surface area contributed by atoms with Crippen molar-refractivity contribution in [1.82, 2.24) is 10.6 Å². The number of hydrogen-bond acceptors (Lipinski definition) is 4. The second-order valence-electron chi connectivity index (χ2n) is 6.06. The lowest BCUT2D eigenvalue weighted by Gasteiger charge is -2.15. The predicted molar refractivity (Wildman–Crippen MR) is 85.2 cm³/mol. The molecular weight excluding hydrogens is 296 g/mol. The van der Waals surface area contributed by atoms with Crippen molar-refractivity contribution in [3.05, 3.63) is 34.4 Å². The second-order valence-corrected chi connectivity index (χ2v) is 6.06. The summed E-state index contributed by atoms with van der Waals surface area (Å²) in [7, 11) is 0. The van der Waals surface area contributed by atoms with Gasteiger partial charge in [-0.1, -0.05) is 17.7 Å². The number of carbonyl (C=O) groups is 3. The zero-order valence-corrected chi connectivity index (χ0v) is 13.9. The van der Waals surface area contributed by atoms with Crippen LogP contribution in [0.2, 0.25) is 0 Å². The predicted octanol–water partition coefficient (Wildman–Crippen LogP) is 2.15. The minimum absolute atomic E-state index is 0.151. The Morgan fingerprint density at radius 1 is 1.13 bits per heavy atom. The summed E-state index contributed by atoms with van der Waals surface area (Å²) in [5, 5.41) is 4.82. The molecule has 6 heteroatoms. The van der Waals surface area contributed by atoms with Crippen LogP contribution < -0.4 is 10.6 Å². The van der Waals surface area contributed by atoms with Crippen LogP contribution in [0.5, 0.6) is 0 Å². The Kier molecular flexibility index (Phi) is 5.03. The molecule has 1 aliphatic carbocycles. The van der Waals surface area contributed by atoms with E-state index >= 15 is 0 Å². The molecule has 1 saturated carbocycles. The Bertz CT molecular complexity index is 627. The van der Waals surface area contributed by atoms with Crippen molar-refractivity contribution in [1.29, 1.82) is 0 Å². The molecule has 23 heavy (non-hydrogen) atoms. The second kappa shape index (κ2) is 6.81. The molecule has 1 fully saturated rings. The number of amides is 3. The van der Waals surface area contributed by atoms with Gasteiger partial charge in [-0.3, -0.25) is 10.1 Å². The number of hydrogen-bond donors (Lipinski definition) is 2. The third kappa shape index (κ3) is 4.55. The maximum absolute atomic E-state index is 12.3. The minimum atomic E-state index is -1.05. The number of ether oxygens (including phenoxy) is 1. The van der Waals surface area contributed by atoms with Crippen molar-refractivity contribution in [2.24, 2.45) is 0 Å². The maximum Gasteiger partial charge on any atom is 0.339 e. The molecule has 2 rings (SSSR count). The van der Waals surface area contributed by atoms with E-state index in [0.717, 1.165) is 29.5 Å². The van der Waals surface area contributed by atoms with Gasteiger partial charge in [0.1, 0.15) is 0 Å². The van der Waals surface area contributed by atoms with Gasteiger partial charge in [0.25, 0.3) is 5.91 Å². The first-order chi connectivity index (χ1) is 10.8. The molecule has 1 aromatic carbocycles. The van der Waals surface area contributed by atoms with Crippen LogP contribution in [0.25, 0.3) is 0 Å². The zero-order valence-electron chi connectivity index (χ0n) is 13.9. The Hall–Kier alpha value is -2.37. The molecule has 1 aromatic rings. The van der Waals surface area contributed by atoms with E-state index in [1.54, 1.807) is 0 Å². The lowest BCUT2D eigenvalue weighted by molar-refractivity contribution is -0.127. The number of benzene rings is 1. The van der Waals surface area contributed by atoms with E-state index < -0.39 is 24.0 Å². The molecule has 0 aliphatic heterocycles. The number of esters is 1. The third-order valence-corrected chi connectivity index (χ3v) is 3.68. The summed E-state index contributed by atoms with van der Waals surface area (Å²) in [6, 6.07) is 3.37. The summed E-state index contributed by atoms with van der Waals surface area (Å²) in [6.45, 7) is 7.04. The summed E-state index contributed by atoms with van der Waals surface area (Å²) >= 11 is 0. The van der Waals surface area contributed by atoms with E-state index in [9.17, 15) is 14.4 Å². The van der Waals surface area contributed by atoms with Gasteiger partial charge in [0.05, 0.1) is 5.56 Å². The third-order valence-electron chi connectivity index (χ3n) is 3.68. The fourth-order valence-corrected chi connectivity index (χ4v) is 2.44. The Labute approximate surface area is 135 Å². The van der Waals surface area contributed by atoms with E-state index in [4.69, 9.17) is 4.74 Å². The molecule has 1 aliphatic rings. The topological polar surface area (TPSA) is 84.5 Å². The molecule has 0 aromatic heterocycles. The number of nitrogens with one attached hydrogen (secondary N) is 2. The van der Waals surface area contributed by atoms with Crippen LogP contribution in [0.1, 0.15) is 46.8 Å². The van der Waals surface area contributed by atoms with Gasteiger partial charge >= 0.3 is 12.0 Å². The molecule has 0 heterocycles. The summed E-state index contributed by atoms with van der Waals surface area (Å²) in [5.74, 6) is -1.20. The number of carbonyl (C=O) groups excluding carboxylic acids is 3. The van der Waals surface area contributed by atoms with Gasteiger partial charge < -0.3 is 10.1 Å². The first-order valence-electron chi connectivity index (χ1n) is 7.68. The molecule has 3 amide bonds. The van der Waals surface area contributed by atoms with Crippen molar-refractivity contribution in [3.8, 4) is 0 Å². The largest absolute Gasteiger partial charge is 0.449 e. The molecule has 1 atom stereocenters. The molecule has 2 N–H and O–H groups in total. The monoisotopic (exact) mass is 318 g/mol. The fraction of sp³-hybridized carbons (Fsp3) is 0.471. The molecule has 6 nitrogen and oxygen atoms in total. The fourth-order valence-electron chi connectivity index (χ4n) is 2.44. The van der Waals surface area contributed by atoms with Gasteiger partial charge in [-0.05, 0) is 51.7 Å². The Morgan fingerprint density at radius 2 is 1.70 bits per heavy atom. The smallest absolute Gasteiger partial charge is 0.339 e. The van der Waals surface area contributed by atoms with E-state index in [2.05, 4.69) is 10.6 Å². The van der Waals surface area contributed by atoms with Gasteiger partial charge in [-0.25, -0.2) is 9.59 Å². The number of rotatable bonds is 4. The van der Waals surface area contributed by atoms with E-state index in [1.165, 1.54) is 6.92 Å². The maximum atomic E-state index is 12.3. The Balaban J connectivity index is 1.96. The summed E-state index contributed by atoms with van der Waals surface area (Å²) in [5.41, 5.74) is 3.11. The van der Waals surface area contributed by atoms with Crippen LogP contribution in [0.3, 0.4) is 0 Å². The van der Waals surface area contributed by atoms with Crippen molar-refractivity contribution in [3.63, 3.8) is 0 Å².